The summed E-state index contributed by atoms with van der Waals surface area (Å²) < 4.78 is 23.8. The SMILES string of the molecule is CS(=O)(=O)c1cccc(Cl)c1CNC1CN2CCC1CC2. The lowest BCUT2D eigenvalue weighted by molar-refractivity contribution is 0.0719. The zero-order chi connectivity index (χ0) is 15.0. The molecule has 1 N–H and O–H groups in total. The number of nitrogens with zero attached hydrogens (tertiary/aromatic N) is 1. The molecular weight excluding hydrogens is 308 g/mol. The van der Waals surface area contributed by atoms with E-state index in [1.165, 1.54) is 32.2 Å². The van der Waals surface area contributed by atoms with Crippen LogP contribution >= 0.6 is 11.6 Å². The molecule has 6 heteroatoms. The summed E-state index contributed by atoms with van der Waals surface area (Å²) in [6.07, 6.45) is 3.70. The molecule has 1 atom stereocenters. The minimum absolute atomic E-state index is 0.337. The van der Waals surface area contributed by atoms with Crippen molar-refractivity contribution in [3.8, 4) is 0 Å². The Morgan fingerprint density at radius 3 is 2.62 bits per heavy atom. The molecular formula is C15H21ClN2O2S. The molecule has 3 aliphatic heterocycles. The molecule has 4 nitrogen and oxygen atoms in total. The first-order valence-electron chi connectivity index (χ1n) is 7.38. The van der Waals surface area contributed by atoms with Crippen molar-refractivity contribution in [3.05, 3.63) is 28.8 Å². The second-order valence-electron chi connectivity index (χ2n) is 6.11. The first kappa shape index (κ1) is 15.3. The number of fused-ring (bicyclic) bond motifs is 3. The minimum atomic E-state index is -3.25. The maximum absolute atomic E-state index is 11.9. The van der Waals surface area contributed by atoms with Gasteiger partial charge in [-0.3, -0.25) is 0 Å². The van der Waals surface area contributed by atoms with Gasteiger partial charge in [0.15, 0.2) is 9.84 Å². The van der Waals surface area contributed by atoms with E-state index in [0.717, 1.165) is 6.54 Å². The molecule has 4 rings (SSSR count). The zero-order valence-corrected chi connectivity index (χ0v) is 13.8. The Kier molecular flexibility index (Phi) is 4.28. The number of halogens is 1. The molecule has 0 saturated carbocycles. The first-order chi connectivity index (χ1) is 9.95. The Morgan fingerprint density at radius 2 is 2.05 bits per heavy atom. The molecule has 2 bridgehead atoms. The van der Waals surface area contributed by atoms with Crippen LogP contribution in [0.25, 0.3) is 0 Å². The third kappa shape index (κ3) is 3.26. The third-order valence-electron chi connectivity index (χ3n) is 4.67. The first-order valence-corrected chi connectivity index (χ1v) is 9.65. The van der Waals surface area contributed by atoms with Gasteiger partial charge in [0.05, 0.1) is 4.90 Å². The van der Waals surface area contributed by atoms with Crippen LogP contribution in [0.2, 0.25) is 5.02 Å². The second kappa shape index (κ2) is 5.88. The van der Waals surface area contributed by atoms with Gasteiger partial charge in [-0.15, -0.1) is 0 Å². The van der Waals surface area contributed by atoms with Gasteiger partial charge in [0.1, 0.15) is 0 Å². The fourth-order valence-electron chi connectivity index (χ4n) is 3.49. The molecule has 116 valence electrons. The van der Waals surface area contributed by atoms with E-state index in [2.05, 4.69) is 10.2 Å². The predicted molar refractivity (Wildman–Crippen MR) is 84.4 cm³/mol. The number of hydrogen-bond donors (Lipinski definition) is 1. The summed E-state index contributed by atoms with van der Waals surface area (Å²) in [5.74, 6) is 0.708. The monoisotopic (exact) mass is 328 g/mol. The Bertz CT molecular complexity index is 625. The van der Waals surface area contributed by atoms with E-state index < -0.39 is 9.84 Å². The molecule has 1 unspecified atom stereocenters. The smallest absolute Gasteiger partial charge is 0.175 e. The summed E-state index contributed by atoms with van der Waals surface area (Å²) >= 11 is 6.22. The third-order valence-corrected chi connectivity index (χ3v) is 6.21. The van der Waals surface area contributed by atoms with Crippen LogP contribution in [0.4, 0.5) is 0 Å². The summed E-state index contributed by atoms with van der Waals surface area (Å²) in [6.45, 7) is 3.97. The second-order valence-corrected chi connectivity index (χ2v) is 8.51. The average Bonchev–Trinajstić information content (AvgIpc) is 2.46. The van der Waals surface area contributed by atoms with Gasteiger partial charge in [-0.25, -0.2) is 8.42 Å². The molecule has 0 spiro atoms. The standard InChI is InChI=1S/C15H21ClN2O2S/c1-21(19,20)15-4-2-3-13(16)12(15)9-17-14-10-18-7-5-11(14)6-8-18/h2-4,11,14,17H,5-10H2,1H3. The highest BCUT2D eigenvalue weighted by molar-refractivity contribution is 7.90. The van der Waals surface area contributed by atoms with Crippen molar-refractivity contribution in [3.63, 3.8) is 0 Å². The van der Waals surface area contributed by atoms with Crippen LogP contribution in [0.15, 0.2) is 23.1 Å². The van der Waals surface area contributed by atoms with E-state index in [0.29, 0.717) is 34.0 Å². The van der Waals surface area contributed by atoms with Crippen LogP contribution in [0, 0.1) is 5.92 Å². The van der Waals surface area contributed by atoms with Crippen LogP contribution in [0.5, 0.6) is 0 Å². The van der Waals surface area contributed by atoms with E-state index in [1.807, 2.05) is 0 Å². The molecule has 3 fully saturated rings. The van der Waals surface area contributed by atoms with Gasteiger partial charge in [-0.05, 0) is 44.0 Å². The van der Waals surface area contributed by atoms with Crippen molar-refractivity contribution in [2.75, 3.05) is 25.9 Å². The predicted octanol–water partition coefficient (Wildman–Crippen LogP) is 1.93. The molecule has 1 aromatic carbocycles. The van der Waals surface area contributed by atoms with E-state index >= 15 is 0 Å². The fourth-order valence-corrected chi connectivity index (χ4v) is 4.74. The normalized spacial score (nSPS) is 28.8. The largest absolute Gasteiger partial charge is 0.308 e. The molecule has 1 aromatic rings. The maximum Gasteiger partial charge on any atom is 0.175 e. The van der Waals surface area contributed by atoms with Gasteiger partial charge in [-0.2, -0.15) is 0 Å². The molecule has 0 aliphatic carbocycles. The highest BCUT2D eigenvalue weighted by Gasteiger charge is 2.33. The molecule has 3 saturated heterocycles. The van der Waals surface area contributed by atoms with E-state index in [4.69, 9.17) is 11.6 Å². The van der Waals surface area contributed by atoms with Gasteiger partial charge >= 0.3 is 0 Å². The number of sulfone groups is 1. The van der Waals surface area contributed by atoms with Gasteiger partial charge in [0, 0.05) is 36.0 Å². The minimum Gasteiger partial charge on any atom is -0.308 e. The van der Waals surface area contributed by atoms with Crippen molar-refractivity contribution in [1.29, 1.82) is 0 Å². The Balaban J connectivity index is 1.76. The van der Waals surface area contributed by atoms with Gasteiger partial charge in [0.2, 0.25) is 0 Å². The Labute approximate surface area is 131 Å². The summed E-state index contributed by atoms with van der Waals surface area (Å²) in [4.78, 5) is 2.81. The van der Waals surface area contributed by atoms with E-state index in [1.54, 1.807) is 18.2 Å². The van der Waals surface area contributed by atoms with Crippen molar-refractivity contribution in [2.24, 2.45) is 5.92 Å². The molecule has 21 heavy (non-hydrogen) atoms. The maximum atomic E-state index is 11.9. The van der Waals surface area contributed by atoms with Crippen molar-refractivity contribution in [1.82, 2.24) is 10.2 Å². The van der Waals surface area contributed by atoms with Gasteiger partial charge in [-0.1, -0.05) is 17.7 Å². The highest BCUT2D eigenvalue weighted by Crippen LogP contribution is 2.29. The number of benzene rings is 1. The summed E-state index contributed by atoms with van der Waals surface area (Å²) in [5.41, 5.74) is 0.693. The summed E-state index contributed by atoms with van der Waals surface area (Å²) in [5, 5.41) is 4.05. The quantitative estimate of drug-likeness (QED) is 0.917. The fraction of sp³-hybridized carbons (Fsp3) is 0.600. The molecule has 3 heterocycles. The van der Waals surface area contributed by atoms with Crippen molar-refractivity contribution < 1.29 is 8.42 Å². The number of piperidine rings is 3. The highest BCUT2D eigenvalue weighted by atomic mass is 35.5. The zero-order valence-electron chi connectivity index (χ0n) is 12.2. The van der Waals surface area contributed by atoms with E-state index in [-0.39, 0.29) is 0 Å². The van der Waals surface area contributed by atoms with E-state index in [9.17, 15) is 8.42 Å². The lowest BCUT2D eigenvalue weighted by Gasteiger charge is -2.45. The Morgan fingerprint density at radius 1 is 1.33 bits per heavy atom. The van der Waals surface area contributed by atoms with Crippen LogP contribution in [-0.4, -0.2) is 45.2 Å². The Hall–Kier alpha value is -0.620. The molecule has 0 amide bonds. The summed E-state index contributed by atoms with van der Waals surface area (Å²) in [6, 6.07) is 5.52. The number of hydrogen-bond acceptors (Lipinski definition) is 4. The lowest BCUT2D eigenvalue weighted by atomic mass is 9.84. The van der Waals surface area contributed by atoms with Gasteiger partial charge in [0.25, 0.3) is 0 Å². The molecule has 0 radical (unpaired) electrons. The summed E-state index contributed by atoms with van der Waals surface area (Å²) in [7, 11) is -3.25. The number of rotatable bonds is 4. The van der Waals surface area contributed by atoms with Crippen LogP contribution in [0.1, 0.15) is 18.4 Å². The molecule has 0 aromatic heterocycles. The molecule has 3 aliphatic rings. The average molecular weight is 329 g/mol. The van der Waals surface area contributed by atoms with Crippen LogP contribution in [-0.2, 0) is 16.4 Å². The van der Waals surface area contributed by atoms with Crippen LogP contribution in [0.3, 0.4) is 0 Å². The lowest BCUT2D eigenvalue weighted by Crippen LogP contribution is -2.55. The van der Waals surface area contributed by atoms with Crippen LogP contribution < -0.4 is 5.32 Å². The number of nitrogens with one attached hydrogen (secondary N) is 1. The topological polar surface area (TPSA) is 49.4 Å². The van der Waals surface area contributed by atoms with Crippen molar-refractivity contribution in [2.45, 2.75) is 30.3 Å². The van der Waals surface area contributed by atoms with Crippen molar-refractivity contribution >= 4 is 21.4 Å². The van der Waals surface area contributed by atoms with Gasteiger partial charge < -0.3 is 10.2 Å².